The fourth-order valence-electron chi connectivity index (χ4n) is 3.08. The van der Waals surface area contributed by atoms with Gasteiger partial charge in [-0.15, -0.1) is 0 Å². The second-order valence-corrected chi connectivity index (χ2v) is 7.55. The molecular formula is C26H27N3O4. The first-order valence-corrected chi connectivity index (χ1v) is 10.7. The minimum Gasteiger partial charge on any atom is -0.481 e. The van der Waals surface area contributed by atoms with Gasteiger partial charge in [-0.1, -0.05) is 37.3 Å². The van der Waals surface area contributed by atoms with E-state index < -0.39 is 17.9 Å². The van der Waals surface area contributed by atoms with Crippen LogP contribution in [0.15, 0.2) is 72.8 Å². The lowest BCUT2D eigenvalue weighted by Gasteiger charge is -2.15. The highest BCUT2D eigenvalue weighted by molar-refractivity contribution is 6.05. The summed E-state index contributed by atoms with van der Waals surface area (Å²) in [7, 11) is 0. The number of ether oxygens (including phenoxy) is 1. The number of aryl methyl sites for hydroxylation is 2. The van der Waals surface area contributed by atoms with Crippen LogP contribution in [0.4, 0.5) is 5.69 Å². The average Bonchev–Trinajstić information content (AvgIpc) is 2.83. The van der Waals surface area contributed by atoms with Crippen molar-refractivity contribution in [2.45, 2.75) is 33.3 Å². The van der Waals surface area contributed by atoms with Crippen LogP contribution in [-0.4, -0.2) is 23.8 Å². The third kappa shape index (κ3) is 6.43. The molecule has 1 unspecified atom stereocenters. The number of hydrogen-bond acceptors (Lipinski definition) is 4. The highest BCUT2D eigenvalue weighted by Gasteiger charge is 2.16. The highest BCUT2D eigenvalue weighted by Crippen LogP contribution is 2.15. The molecule has 170 valence electrons. The first-order chi connectivity index (χ1) is 15.9. The number of amides is 3. The van der Waals surface area contributed by atoms with Crippen molar-refractivity contribution in [3.8, 4) is 5.75 Å². The van der Waals surface area contributed by atoms with Gasteiger partial charge in [0.25, 0.3) is 17.7 Å². The van der Waals surface area contributed by atoms with Gasteiger partial charge in [0.2, 0.25) is 0 Å². The van der Waals surface area contributed by atoms with Crippen LogP contribution in [0.5, 0.6) is 5.75 Å². The van der Waals surface area contributed by atoms with Gasteiger partial charge in [0, 0.05) is 16.8 Å². The molecule has 3 N–H and O–H groups in total. The van der Waals surface area contributed by atoms with E-state index in [4.69, 9.17) is 4.74 Å². The molecule has 0 fully saturated rings. The maximum absolute atomic E-state index is 12.4. The average molecular weight is 446 g/mol. The Bertz CT molecular complexity index is 1130. The number of hydrogen-bond donors (Lipinski definition) is 3. The molecule has 0 radical (unpaired) electrons. The standard InChI is InChI=1S/C26H27N3O4/c1-4-19-9-15-22(16-10-19)33-18(3)24(30)28-29-25(31)20-11-13-21(14-12-20)27-26(32)23-8-6-5-7-17(23)2/h5-16,18H,4H2,1-3H3,(H,27,32)(H,28,30)(H,29,31). The fourth-order valence-corrected chi connectivity index (χ4v) is 3.08. The summed E-state index contributed by atoms with van der Waals surface area (Å²) in [6, 6.07) is 21.1. The Morgan fingerprint density at radius 3 is 2.15 bits per heavy atom. The Hall–Kier alpha value is -4.13. The Morgan fingerprint density at radius 1 is 0.848 bits per heavy atom. The summed E-state index contributed by atoms with van der Waals surface area (Å²) >= 11 is 0. The molecular weight excluding hydrogens is 418 g/mol. The molecule has 3 rings (SSSR count). The molecule has 0 aliphatic carbocycles. The first kappa shape index (κ1) is 23.5. The van der Waals surface area contributed by atoms with E-state index in [-0.39, 0.29) is 5.91 Å². The lowest BCUT2D eigenvalue weighted by molar-refractivity contribution is -0.128. The monoisotopic (exact) mass is 445 g/mol. The third-order valence-electron chi connectivity index (χ3n) is 5.11. The number of carbonyl (C=O) groups excluding carboxylic acids is 3. The molecule has 0 saturated carbocycles. The van der Waals surface area contributed by atoms with Gasteiger partial charge in [0.05, 0.1) is 0 Å². The van der Waals surface area contributed by atoms with Gasteiger partial charge in [-0.2, -0.15) is 0 Å². The van der Waals surface area contributed by atoms with Gasteiger partial charge in [-0.3, -0.25) is 25.2 Å². The van der Waals surface area contributed by atoms with E-state index in [0.717, 1.165) is 12.0 Å². The Kier molecular flexibility index (Phi) is 7.81. The van der Waals surface area contributed by atoms with E-state index in [2.05, 4.69) is 23.1 Å². The van der Waals surface area contributed by atoms with Crippen molar-refractivity contribution in [3.63, 3.8) is 0 Å². The molecule has 0 heterocycles. The molecule has 0 aliphatic rings. The zero-order chi connectivity index (χ0) is 23.8. The molecule has 7 nitrogen and oxygen atoms in total. The number of nitrogens with one attached hydrogen (secondary N) is 3. The molecule has 33 heavy (non-hydrogen) atoms. The molecule has 1 atom stereocenters. The fraction of sp³-hybridized carbons (Fsp3) is 0.192. The first-order valence-electron chi connectivity index (χ1n) is 10.7. The van der Waals surface area contributed by atoms with Crippen molar-refractivity contribution >= 4 is 23.4 Å². The van der Waals surface area contributed by atoms with Crippen molar-refractivity contribution in [2.75, 3.05) is 5.32 Å². The lowest BCUT2D eigenvalue weighted by Crippen LogP contribution is -2.47. The van der Waals surface area contributed by atoms with E-state index in [0.29, 0.717) is 22.6 Å². The largest absolute Gasteiger partial charge is 0.481 e. The second kappa shape index (κ2) is 10.9. The zero-order valence-corrected chi connectivity index (χ0v) is 18.8. The van der Waals surface area contributed by atoms with Crippen molar-refractivity contribution in [2.24, 2.45) is 0 Å². The summed E-state index contributed by atoms with van der Waals surface area (Å²) in [5.41, 5.74) is 8.25. The van der Waals surface area contributed by atoms with Crippen molar-refractivity contribution in [3.05, 3.63) is 95.1 Å². The SMILES string of the molecule is CCc1ccc(OC(C)C(=O)NNC(=O)c2ccc(NC(=O)c3ccccc3C)cc2)cc1. The Morgan fingerprint density at radius 2 is 1.52 bits per heavy atom. The van der Waals surface area contributed by atoms with Gasteiger partial charge in [-0.25, -0.2) is 0 Å². The number of benzene rings is 3. The predicted octanol–water partition coefficient (Wildman–Crippen LogP) is 4.04. The van der Waals surface area contributed by atoms with E-state index in [1.165, 1.54) is 5.56 Å². The summed E-state index contributed by atoms with van der Waals surface area (Å²) < 4.78 is 5.61. The van der Waals surface area contributed by atoms with E-state index in [1.807, 2.05) is 31.2 Å². The lowest BCUT2D eigenvalue weighted by atomic mass is 10.1. The van der Waals surface area contributed by atoms with Crippen molar-refractivity contribution in [1.82, 2.24) is 10.9 Å². The van der Waals surface area contributed by atoms with Crippen LogP contribution in [-0.2, 0) is 11.2 Å². The van der Waals surface area contributed by atoms with E-state index >= 15 is 0 Å². The molecule has 7 heteroatoms. The topological polar surface area (TPSA) is 96.5 Å². The van der Waals surface area contributed by atoms with Crippen LogP contribution < -0.4 is 20.9 Å². The van der Waals surface area contributed by atoms with Crippen LogP contribution >= 0.6 is 0 Å². The van der Waals surface area contributed by atoms with Crippen molar-refractivity contribution < 1.29 is 19.1 Å². The van der Waals surface area contributed by atoms with Gasteiger partial charge >= 0.3 is 0 Å². The number of hydrazine groups is 1. The second-order valence-electron chi connectivity index (χ2n) is 7.55. The number of rotatable bonds is 7. The van der Waals surface area contributed by atoms with Gasteiger partial charge in [0.15, 0.2) is 6.10 Å². The Labute approximate surface area is 193 Å². The van der Waals surface area contributed by atoms with Gasteiger partial charge in [0.1, 0.15) is 5.75 Å². The minimum atomic E-state index is -0.795. The van der Waals surface area contributed by atoms with Crippen LogP contribution in [0.3, 0.4) is 0 Å². The van der Waals surface area contributed by atoms with Gasteiger partial charge < -0.3 is 10.1 Å². The summed E-state index contributed by atoms with van der Waals surface area (Å²) in [6.07, 6.45) is 0.124. The number of carbonyl (C=O) groups is 3. The zero-order valence-electron chi connectivity index (χ0n) is 18.8. The van der Waals surface area contributed by atoms with Gasteiger partial charge in [-0.05, 0) is 73.9 Å². The smallest absolute Gasteiger partial charge is 0.279 e. The summed E-state index contributed by atoms with van der Waals surface area (Å²) in [5, 5.41) is 2.80. The van der Waals surface area contributed by atoms with Crippen LogP contribution in [0, 0.1) is 6.92 Å². The summed E-state index contributed by atoms with van der Waals surface area (Å²) in [5.74, 6) is -0.620. The maximum atomic E-state index is 12.4. The van der Waals surface area contributed by atoms with E-state index in [1.54, 1.807) is 55.5 Å². The molecule has 3 aromatic carbocycles. The third-order valence-corrected chi connectivity index (χ3v) is 5.11. The Balaban J connectivity index is 1.50. The van der Waals surface area contributed by atoms with E-state index in [9.17, 15) is 14.4 Å². The maximum Gasteiger partial charge on any atom is 0.279 e. The molecule has 0 spiro atoms. The normalized spacial score (nSPS) is 11.2. The number of anilines is 1. The van der Waals surface area contributed by atoms with Crippen LogP contribution in [0.25, 0.3) is 0 Å². The predicted molar refractivity (Wildman–Crippen MR) is 127 cm³/mol. The molecule has 0 bridgehead atoms. The summed E-state index contributed by atoms with van der Waals surface area (Å²) in [4.78, 5) is 37.0. The van der Waals surface area contributed by atoms with Crippen LogP contribution in [0.2, 0.25) is 0 Å². The highest BCUT2D eigenvalue weighted by atomic mass is 16.5. The molecule has 3 aromatic rings. The molecule has 0 aliphatic heterocycles. The molecule has 0 saturated heterocycles. The quantitative estimate of drug-likeness (QED) is 0.478. The van der Waals surface area contributed by atoms with Crippen LogP contribution in [0.1, 0.15) is 45.7 Å². The minimum absolute atomic E-state index is 0.226. The summed E-state index contributed by atoms with van der Waals surface area (Å²) in [6.45, 7) is 5.52. The molecule has 0 aromatic heterocycles. The molecule has 3 amide bonds. The van der Waals surface area contributed by atoms with Crippen molar-refractivity contribution in [1.29, 1.82) is 0 Å².